The summed E-state index contributed by atoms with van der Waals surface area (Å²) in [4.78, 5) is 11.0. The molecule has 0 aromatic heterocycles. The van der Waals surface area contributed by atoms with Gasteiger partial charge in [-0.3, -0.25) is 4.79 Å². The van der Waals surface area contributed by atoms with Crippen molar-refractivity contribution in [1.29, 1.82) is 0 Å². The van der Waals surface area contributed by atoms with Gasteiger partial charge in [0.15, 0.2) is 0 Å². The summed E-state index contributed by atoms with van der Waals surface area (Å²) in [6.07, 6.45) is 0.540. The van der Waals surface area contributed by atoms with Gasteiger partial charge in [-0.25, -0.2) is 0 Å². The summed E-state index contributed by atoms with van der Waals surface area (Å²) in [5.41, 5.74) is 0.889. The zero-order valence-corrected chi connectivity index (χ0v) is 12.1. The monoisotopic (exact) mass is 333 g/mol. The molecule has 2 N–H and O–H groups in total. The molecule has 4 nitrogen and oxygen atoms in total. The first-order valence-corrected chi connectivity index (χ1v) is 6.69. The molecule has 2 atom stereocenters. The van der Waals surface area contributed by atoms with Crippen LogP contribution in [0.2, 0.25) is 5.02 Å². The van der Waals surface area contributed by atoms with Crippen molar-refractivity contribution in [2.24, 2.45) is 5.92 Å². The van der Waals surface area contributed by atoms with Gasteiger partial charge in [0.1, 0.15) is 5.75 Å². The Kier molecular flexibility index (Phi) is 4.14. The molecule has 98 valence electrons. The van der Waals surface area contributed by atoms with E-state index >= 15 is 0 Å². The first kappa shape index (κ1) is 13.6. The van der Waals surface area contributed by atoms with E-state index < -0.39 is 5.97 Å². The third-order valence-corrected chi connectivity index (χ3v) is 3.84. The summed E-state index contributed by atoms with van der Waals surface area (Å²) in [7, 11) is 1.56. The van der Waals surface area contributed by atoms with Crippen LogP contribution in [0.5, 0.6) is 5.75 Å². The molecule has 0 bridgehead atoms. The number of carboxylic acid groups (broad SMARTS) is 1. The van der Waals surface area contributed by atoms with Crippen molar-refractivity contribution in [3.8, 4) is 5.75 Å². The van der Waals surface area contributed by atoms with Gasteiger partial charge in [-0.05, 0) is 18.6 Å². The van der Waals surface area contributed by atoms with Crippen LogP contribution in [0.4, 0.5) is 0 Å². The van der Waals surface area contributed by atoms with Crippen molar-refractivity contribution < 1.29 is 14.6 Å². The van der Waals surface area contributed by atoms with Crippen molar-refractivity contribution in [2.45, 2.75) is 12.5 Å². The van der Waals surface area contributed by atoms with Crippen LogP contribution in [0.1, 0.15) is 18.0 Å². The molecule has 1 aromatic rings. The number of aliphatic carboxylic acids is 1. The van der Waals surface area contributed by atoms with Gasteiger partial charge >= 0.3 is 5.97 Å². The van der Waals surface area contributed by atoms with Crippen molar-refractivity contribution >= 4 is 33.5 Å². The minimum Gasteiger partial charge on any atom is -0.495 e. The zero-order chi connectivity index (χ0) is 13.3. The quantitative estimate of drug-likeness (QED) is 0.892. The van der Waals surface area contributed by atoms with E-state index in [0.29, 0.717) is 23.7 Å². The van der Waals surface area contributed by atoms with Crippen molar-refractivity contribution in [3.63, 3.8) is 0 Å². The average molecular weight is 335 g/mol. The predicted octanol–water partition coefficient (Wildman–Crippen LogP) is 2.85. The largest absolute Gasteiger partial charge is 0.495 e. The Labute approximate surface area is 118 Å². The second-order valence-corrected chi connectivity index (χ2v) is 5.56. The zero-order valence-electron chi connectivity index (χ0n) is 9.74. The molecular weight excluding hydrogens is 321 g/mol. The second-order valence-electron chi connectivity index (χ2n) is 4.24. The number of carboxylic acids is 1. The molecule has 1 fully saturated rings. The second kappa shape index (κ2) is 5.47. The smallest absolute Gasteiger partial charge is 0.307 e. The molecule has 18 heavy (non-hydrogen) atoms. The molecule has 1 aromatic carbocycles. The average Bonchev–Trinajstić information content (AvgIpc) is 2.77. The summed E-state index contributed by atoms with van der Waals surface area (Å²) in [5, 5.41) is 12.7. The Morgan fingerprint density at radius 3 is 2.89 bits per heavy atom. The standard InChI is InChI=1S/C12H13BrClNO3/c1-18-11-8(3-7(13)4-9(11)14)10-2-6(5-15-10)12(16)17/h3-4,6,10,15H,2,5H2,1H3,(H,16,17). The fourth-order valence-electron chi connectivity index (χ4n) is 2.22. The first-order valence-electron chi connectivity index (χ1n) is 5.52. The van der Waals surface area contributed by atoms with E-state index in [1.54, 1.807) is 13.2 Å². The SMILES string of the molecule is COc1c(Cl)cc(Br)cc1C1CC(C(=O)O)CN1. The lowest BCUT2D eigenvalue weighted by molar-refractivity contribution is -0.141. The number of halogens is 2. The molecule has 2 unspecified atom stereocenters. The third kappa shape index (κ3) is 2.63. The number of ether oxygens (including phenoxy) is 1. The van der Waals surface area contributed by atoms with Gasteiger partial charge in [0.05, 0.1) is 18.1 Å². The molecule has 0 radical (unpaired) electrons. The topological polar surface area (TPSA) is 58.6 Å². The summed E-state index contributed by atoms with van der Waals surface area (Å²) >= 11 is 9.50. The van der Waals surface area contributed by atoms with Gasteiger partial charge in [0.2, 0.25) is 0 Å². The molecule has 6 heteroatoms. The minimum atomic E-state index is -0.773. The number of rotatable bonds is 3. The highest BCUT2D eigenvalue weighted by atomic mass is 79.9. The fraction of sp³-hybridized carbons (Fsp3) is 0.417. The maximum atomic E-state index is 11.0. The number of nitrogens with one attached hydrogen (secondary N) is 1. The lowest BCUT2D eigenvalue weighted by Crippen LogP contribution is -2.17. The van der Waals surface area contributed by atoms with Crippen LogP contribution in [-0.2, 0) is 4.79 Å². The van der Waals surface area contributed by atoms with Crippen molar-refractivity contribution in [3.05, 3.63) is 27.2 Å². The molecule has 0 amide bonds. The van der Waals surface area contributed by atoms with Crippen LogP contribution in [0.3, 0.4) is 0 Å². The number of hydrogen-bond donors (Lipinski definition) is 2. The van der Waals surface area contributed by atoms with Crippen molar-refractivity contribution in [2.75, 3.05) is 13.7 Å². The number of benzene rings is 1. The van der Waals surface area contributed by atoms with E-state index in [1.807, 2.05) is 6.07 Å². The Balaban J connectivity index is 2.31. The maximum absolute atomic E-state index is 11.0. The molecule has 0 saturated carbocycles. The molecule has 1 heterocycles. The number of methoxy groups -OCH3 is 1. The van der Waals surface area contributed by atoms with Gasteiger partial charge in [-0.1, -0.05) is 27.5 Å². The van der Waals surface area contributed by atoms with E-state index in [0.717, 1.165) is 10.0 Å². The van der Waals surface area contributed by atoms with Gasteiger partial charge in [0.25, 0.3) is 0 Å². The fourth-order valence-corrected chi connectivity index (χ4v) is 3.13. The van der Waals surface area contributed by atoms with E-state index in [9.17, 15) is 4.79 Å². The molecule has 1 saturated heterocycles. The highest BCUT2D eigenvalue weighted by molar-refractivity contribution is 9.10. The Bertz CT molecular complexity index is 481. The summed E-state index contributed by atoms with van der Waals surface area (Å²) in [5.74, 6) is -0.536. The van der Waals surface area contributed by atoms with Crippen LogP contribution in [0.25, 0.3) is 0 Å². The highest BCUT2D eigenvalue weighted by Crippen LogP contribution is 2.39. The van der Waals surface area contributed by atoms with E-state index in [2.05, 4.69) is 21.2 Å². The Morgan fingerprint density at radius 2 is 2.33 bits per heavy atom. The van der Waals surface area contributed by atoms with Gasteiger partial charge < -0.3 is 15.2 Å². The normalized spacial score (nSPS) is 23.1. The van der Waals surface area contributed by atoms with Gasteiger partial charge in [-0.2, -0.15) is 0 Å². The molecule has 2 rings (SSSR count). The Morgan fingerprint density at radius 1 is 1.61 bits per heavy atom. The van der Waals surface area contributed by atoms with E-state index in [1.165, 1.54) is 0 Å². The molecule has 1 aliphatic rings. The number of carbonyl (C=O) groups is 1. The van der Waals surface area contributed by atoms with E-state index in [4.69, 9.17) is 21.4 Å². The summed E-state index contributed by atoms with van der Waals surface area (Å²) in [6, 6.07) is 3.62. The lowest BCUT2D eigenvalue weighted by Gasteiger charge is -2.16. The summed E-state index contributed by atoms with van der Waals surface area (Å²) in [6.45, 7) is 0.466. The Hall–Kier alpha value is -0.780. The molecular formula is C12H13BrClNO3. The number of hydrogen-bond acceptors (Lipinski definition) is 3. The van der Waals surface area contributed by atoms with Gasteiger partial charge in [-0.15, -0.1) is 0 Å². The molecule has 0 aliphatic carbocycles. The highest BCUT2D eigenvalue weighted by Gasteiger charge is 2.32. The molecule has 1 aliphatic heterocycles. The molecule has 0 spiro atoms. The summed E-state index contributed by atoms with van der Waals surface area (Å²) < 4.78 is 6.15. The third-order valence-electron chi connectivity index (χ3n) is 3.10. The van der Waals surface area contributed by atoms with Crippen LogP contribution in [0, 0.1) is 5.92 Å². The van der Waals surface area contributed by atoms with Crippen LogP contribution >= 0.6 is 27.5 Å². The van der Waals surface area contributed by atoms with Crippen LogP contribution in [-0.4, -0.2) is 24.7 Å². The van der Waals surface area contributed by atoms with Gasteiger partial charge in [0, 0.05) is 22.6 Å². The van der Waals surface area contributed by atoms with Crippen molar-refractivity contribution in [1.82, 2.24) is 5.32 Å². The maximum Gasteiger partial charge on any atom is 0.307 e. The van der Waals surface area contributed by atoms with E-state index in [-0.39, 0.29) is 12.0 Å². The predicted molar refractivity (Wildman–Crippen MR) is 72.2 cm³/mol. The van der Waals surface area contributed by atoms with Crippen LogP contribution in [0.15, 0.2) is 16.6 Å². The van der Waals surface area contributed by atoms with Crippen LogP contribution < -0.4 is 10.1 Å². The minimum absolute atomic E-state index is 0.0453. The first-order chi connectivity index (χ1) is 8.52. The lowest BCUT2D eigenvalue weighted by atomic mass is 9.99.